The number of rotatable bonds is 3. The standard InChI is InChI=1S/C14H20N2O4S.ClH/c15-10-11-3-1-2-6-16(11)21(17,18)12-4-5-13-14(9-12)20-8-7-19-13;/h4-5,9,11H,1-3,6-8,10,15H2;1H. The van der Waals surface area contributed by atoms with Crippen LogP contribution in [0.2, 0.25) is 0 Å². The minimum absolute atomic E-state index is 0. The maximum Gasteiger partial charge on any atom is 0.243 e. The summed E-state index contributed by atoms with van der Waals surface area (Å²) in [4.78, 5) is 0.243. The summed E-state index contributed by atoms with van der Waals surface area (Å²) in [6.45, 7) is 1.80. The molecule has 124 valence electrons. The zero-order chi connectivity index (χ0) is 14.9. The Morgan fingerprint density at radius 2 is 1.91 bits per heavy atom. The Morgan fingerprint density at radius 1 is 1.18 bits per heavy atom. The van der Waals surface area contributed by atoms with Gasteiger partial charge in [-0.25, -0.2) is 8.42 Å². The van der Waals surface area contributed by atoms with E-state index >= 15 is 0 Å². The van der Waals surface area contributed by atoms with E-state index < -0.39 is 10.0 Å². The van der Waals surface area contributed by atoms with Gasteiger partial charge in [0.05, 0.1) is 4.90 Å². The van der Waals surface area contributed by atoms with Gasteiger partial charge in [0.1, 0.15) is 13.2 Å². The Balaban J connectivity index is 0.00000176. The first-order valence-corrected chi connectivity index (χ1v) is 8.68. The third kappa shape index (κ3) is 3.17. The molecule has 1 unspecified atom stereocenters. The molecule has 0 amide bonds. The summed E-state index contributed by atoms with van der Waals surface area (Å²) < 4.78 is 38.1. The number of benzene rings is 1. The highest BCUT2D eigenvalue weighted by Crippen LogP contribution is 2.34. The average Bonchev–Trinajstić information content (AvgIpc) is 2.54. The molecule has 8 heteroatoms. The quantitative estimate of drug-likeness (QED) is 0.892. The number of nitrogens with zero attached hydrogens (tertiary/aromatic N) is 1. The molecule has 0 saturated carbocycles. The van der Waals surface area contributed by atoms with Gasteiger partial charge in [0.2, 0.25) is 10.0 Å². The number of fused-ring (bicyclic) bond motifs is 1. The zero-order valence-corrected chi connectivity index (χ0v) is 13.9. The highest BCUT2D eigenvalue weighted by Gasteiger charge is 2.33. The fourth-order valence-corrected chi connectivity index (χ4v) is 4.57. The summed E-state index contributed by atoms with van der Waals surface area (Å²) in [6.07, 6.45) is 2.72. The van der Waals surface area contributed by atoms with Crippen LogP contribution in [0.1, 0.15) is 19.3 Å². The molecule has 2 aliphatic heterocycles. The molecule has 0 bridgehead atoms. The number of sulfonamides is 1. The number of nitrogens with two attached hydrogens (primary N) is 1. The van der Waals surface area contributed by atoms with Crippen molar-refractivity contribution in [2.75, 3.05) is 26.3 Å². The summed E-state index contributed by atoms with van der Waals surface area (Å²) in [6, 6.07) is 4.66. The molecule has 2 aliphatic rings. The molecule has 22 heavy (non-hydrogen) atoms. The van der Waals surface area contributed by atoms with E-state index in [1.807, 2.05) is 0 Å². The van der Waals surface area contributed by atoms with Crippen molar-refractivity contribution in [3.8, 4) is 11.5 Å². The van der Waals surface area contributed by atoms with Crippen LogP contribution < -0.4 is 15.2 Å². The molecule has 0 aromatic heterocycles. The van der Waals surface area contributed by atoms with E-state index in [1.54, 1.807) is 18.2 Å². The molecule has 1 aromatic rings. The second-order valence-electron chi connectivity index (χ2n) is 5.31. The Bertz CT molecular complexity index is 623. The number of ether oxygens (including phenoxy) is 2. The summed E-state index contributed by atoms with van der Waals surface area (Å²) in [5.74, 6) is 1.08. The van der Waals surface area contributed by atoms with Crippen LogP contribution >= 0.6 is 12.4 Å². The van der Waals surface area contributed by atoms with Gasteiger partial charge in [-0.3, -0.25) is 0 Å². The fourth-order valence-electron chi connectivity index (χ4n) is 2.85. The van der Waals surface area contributed by atoms with Gasteiger partial charge in [-0.05, 0) is 25.0 Å². The van der Waals surface area contributed by atoms with Crippen molar-refractivity contribution in [3.63, 3.8) is 0 Å². The first-order chi connectivity index (χ1) is 10.1. The van der Waals surface area contributed by atoms with Crippen LogP contribution in [0, 0.1) is 0 Å². The van der Waals surface area contributed by atoms with Crippen molar-refractivity contribution in [1.82, 2.24) is 4.31 Å². The largest absolute Gasteiger partial charge is 0.486 e. The highest BCUT2D eigenvalue weighted by molar-refractivity contribution is 7.89. The maximum atomic E-state index is 12.8. The zero-order valence-electron chi connectivity index (χ0n) is 12.2. The van der Waals surface area contributed by atoms with E-state index in [0.717, 1.165) is 19.3 Å². The lowest BCUT2D eigenvalue weighted by Gasteiger charge is -2.34. The van der Waals surface area contributed by atoms with Crippen LogP contribution in [-0.2, 0) is 10.0 Å². The van der Waals surface area contributed by atoms with Crippen LogP contribution in [0.3, 0.4) is 0 Å². The Kier molecular flexibility index (Phi) is 5.55. The molecule has 1 fully saturated rings. The van der Waals surface area contributed by atoms with Crippen molar-refractivity contribution >= 4 is 22.4 Å². The normalized spacial score (nSPS) is 22.0. The number of piperidine rings is 1. The van der Waals surface area contributed by atoms with Crippen LogP contribution in [0.5, 0.6) is 11.5 Å². The molecule has 2 N–H and O–H groups in total. The average molecular weight is 349 g/mol. The molecule has 0 aliphatic carbocycles. The van der Waals surface area contributed by atoms with Crippen LogP contribution in [-0.4, -0.2) is 45.1 Å². The first kappa shape index (κ1) is 17.3. The van der Waals surface area contributed by atoms with Crippen LogP contribution in [0.4, 0.5) is 0 Å². The van der Waals surface area contributed by atoms with Gasteiger partial charge >= 0.3 is 0 Å². The van der Waals surface area contributed by atoms with Crippen molar-refractivity contribution in [1.29, 1.82) is 0 Å². The van der Waals surface area contributed by atoms with Gasteiger partial charge in [0.15, 0.2) is 11.5 Å². The molecule has 1 aromatic carbocycles. The summed E-state index contributed by atoms with van der Waals surface area (Å²) in [5.41, 5.74) is 5.73. The van der Waals surface area contributed by atoms with Crippen LogP contribution in [0.15, 0.2) is 23.1 Å². The molecule has 2 heterocycles. The summed E-state index contributed by atoms with van der Waals surface area (Å²) >= 11 is 0. The SMILES string of the molecule is Cl.NCC1CCCCN1S(=O)(=O)c1ccc2c(c1)OCCO2. The van der Waals surface area contributed by atoms with E-state index in [2.05, 4.69) is 0 Å². The first-order valence-electron chi connectivity index (χ1n) is 7.24. The second-order valence-corrected chi connectivity index (χ2v) is 7.20. The van der Waals surface area contributed by atoms with E-state index in [9.17, 15) is 8.42 Å². The Morgan fingerprint density at radius 3 is 2.64 bits per heavy atom. The molecule has 0 radical (unpaired) electrons. The van der Waals surface area contributed by atoms with E-state index in [4.69, 9.17) is 15.2 Å². The highest BCUT2D eigenvalue weighted by atomic mass is 35.5. The van der Waals surface area contributed by atoms with Crippen molar-refractivity contribution < 1.29 is 17.9 Å². The van der Waals surface area contributed by atoms with Gasteiger partial charge < -0.3 is 15.2 Å². The molecule has 1 atom stereocenters. The predicted octanol–water partition coefficient (Wildman–Crippen LogP) is 1.38. The maximum absolute atomic E-state index is 12.8. The van der Waals surface area contributed by atoms with Crippen molar-refractivity contribution in [2.45, 2.75) is 30.2 Å². The van der Waals surface area contributed by atoms with E-state index in [1.165, 1.54) is 4.31 Å². The fraction of sp³-hybridized carbons (Fsp3) is 0.571. The molecule has 6 nitrogen and oxygen atoms in total. The number of hydrogen-bond donors (Lipinski definition) is 1. The summed E-state index contributed by atoms with van der Waals surface area (Å²) in [7, 11) is -3.54. The van der Waals surface area contributed by atoms with Crippen molar-refractivity contribution in [2.24, 2.45) is 5.73 Å². The second kappa shape index (κ2) is 7.04. The van der Waals surface area contributed by atoms with Gasteiger partial charge in [0.25, 0.3) is 0 Å². The minimum Gasteiger partial charge on any atom is -0.486 e. The van der Waals surface area contributed by atoms with Gasteiger partial charge in [-0.15, -0.1) is 12.4 Å². The third-order valence-electron chi connectivity index (χ3n) is 3.97. The molecule has 1 saturated heterocycles. The lowest BCUT2D eigenvalue weighted by Crippen LogP contribution is -2.47. The van der Waals surface area contributed by atoms with Gasteiger partial charge in [-0.2, -0.15) is 4.31 Å². The molecular formula is C14H21ClN2O4S. The van der Waals surface area contributed by atoms with E-state index in [0.29, 0.717) is 37.8 Å². The Labute approximate surface area is 137 Å². The monoisotopic (exact) mass is 348 g/mol. The molecule has 3 rings (SSSR count). The predicted molar refractivity (Wildman–Crippen MR) is 85.3 cm³/mol. The molecule has 0 spiro atoms. The summed E-state index contributed by atoms with van der Waals surface area (Å²) in [5, 5.41) is 0. The van der Waals surface area contributed by atoms with Gasteiger partial charge in [-0.1, -0.05) is 6.42 Å². The lowest BCUT2D eigenvalue weighted by atomic mass is 10.1. The number of halogens is 1. The van der Waals surface area contributed by atoms with Crippen LogP contribution in [0.25, 0.3) is 0 Å². The minimum atomic E-state index is -3.54. The Hall–Kier alpha value is -1.02. The van der Waals surface area contributed by atoms with Gasteiger partial charge in [0, 0.05) is 25.2 Å². The topological polar surface area (TPSA) is 81.9 Å². The smallest absolute Gasteiger partial charge is 0.243 e. The number of hydrogen-bond acceptors (Lipinski definition) is 5. The van der Waals surface area contributed by atoms with E-state index in [-0.39, 0.29) is 23.3 Å². The lowest BCUT2D eigenvalue weighted by molar-refractivity contribution is 0.171. The van der Waals surface area contributed by atoms with Crippen molar-refractivity contribution in [3.05, 3.63) is 18.2 Å². The third-order valence-corrected chi connectivity index (χ3v) is 5.91. The molecular weight excluding hydrogens is 328 g/mol.